The van der Waals surface area contributed by atoms with Crippen LogP contribution in [0.3, 0.4) is 0 Å². The van der Waals surface area contributed by atoms with E-state index in [2.05, 4.69) is 74.6 Å². The summed E-state index contributed by atoms with van der Waals surface area (Å²) in [6.45, 7) is 4.46. The van der Waals surface area contributed by atoms with Gasteiger partial charge in [0.1, 0.15) is 0 Å². The van der Waals surface area contributed by atoms with Gasteiger partial charge in [0.05, 0.1) is 11.5 Å². The molecule has 1 aliphatic rings. The van der Waals surface area contributed by atoms with Crippen molar-refractivity contribution in [3.05, 3.63) is 60.2 Å². The van der Waals surface area contributed by atoms with E-state index in [4.69, 9.17) is 0 Å². The van der Waals surface area contributed by atoms with Crippen LogP contribution in [0.2, 0.25) is 0 Å². The van der Waals surface area contributed by atoms with Crippen LogP contribution in [0.1, 0.15) is 70.8 Å². The van der Waals surface area contributed by atoms with Crippen molar-refractivity contribution in [1.29, 1.82) is 5.26 Å². The minimum absolute atomic E-state index is 0.0406. The lowest BCUT2D eigenvalue weighted by atomic mass is 9.68. The van der Waals surface area contributed by atoms with Crippen molar-refractivity contribution in [1.82, 2.24) is 0 Å². The van der Waals surface area contributed by atoms with Gasteiger partial charge in [-0.05, 0) is 18.4 Å². The summed E-state index contributed by atoms with van der Waals surface area (Å²) in [4.78, 5) is 0. The van der Waals surface area contributed by atoms with Crippen LogP contribution < -0.4 is 0 Å². The van der Waals surface area contributed by atoms with Crippen molar-refractivity contribution in [3.8, 4) is 6.07 Å². The lowest BCUT2D eigenvalue weighted by molar-refractivity contribution is 0.482. The molecule has 0 atom stereocenters. The average molecular weight is 322 g/mol. The number of allylic oxidation sites excluding steroid dienone is 4. The summed E-state index contributed by atoms with van der Waals surface area (Å²) in [5, 5.41) is 9.76. The molecule has 1 heteroatoms. The molecular weight excluding hydrogens is 290 g/mol. The Hall–Kier alpha value is -1.81. The van der Waals surface area contributed by atoms with E-state index in [0.717, 1.165) is 19.3 Å². The molecule has 0 bridgehead atoms. The van der Waals surface area contributed by atoms with E-state index < -0.39 is 5.41 Å². The third-order valence-electron chi connectivity index (χ3n) is 5.26. The van der Waals surface area contributed by atoms with E-state index >= 15 is 0 Å². The smallest absolute Gasteiger partial charge is 0.0934 e. The van der Waals surface area contributed by atoms with Crippen molar-refractivity contribution >= 4 is 0 Å². The topological polar surface area (TPSA) is 23.8 Å². The molecule has 0 radical (unpaired) electrons. The van der Waals surface area contributed by atoms with Crippen LogP contribution >= 0.6 is 0 Å². The van der Waals surface area contributed by atoms with Crippen LogP contribution in [0, 0.1) is 16.7 Å². The SMILES string of the molecule is CCCCCCC1(C#N)C=CC(CCCC)(c2ccccc2)C=C1. The first kappa shape index (κ1) is 18.5. The maximum atomic E-state index is 9.76. The molecule has 0 saturated heterocycles. The lowest BCUT2D eigenvalue weighted by Gasteiger charge is -2.34. The molecule has 2 rings (SSSR count). The van der Waals surface area contributed by atoms with E-state index in [9.17, 15) is 5.26 Å². The molecule has 0 unspecified atom stereocenters. The van der Waals surface area contributed by atoms with Crippen LogP contribution in [0.25, 0.3) is 0 Å². The van der Waals surface area contributed by atoms with Gasteiger partial charge >= 0.3 is 0 Å². The molecular formula is C23H31N. The quantitative estimate of drug-likeness (QED) is 0.366. The molecule has 1 aromatic carbocycles. The predicted octanol–water partition coefficient (Wildman–Crippen LogP) is 6.72. The summed E-state index contributed by atoms with van der Waals surface area (Å²) in [5.74, 6) is 0. The number of unbranched alkanes of at least 4 members (excludes halogenated alkanes) is 4. The molecule has 1 aliphatic carbocycles. The van der Waals surface area contributed by atoms with Crippen LogP contribution in [0.5, 0.6) is 0 Å². The summed E-state index contributed by atoms with van der Waals surface area (Å²) in [7, 11) is 0. The Kier molecular flexibility index (Phi) is 6.85. The first-order valence-electron chi connectivity index (χ1n) is 9.58. The molecule has 1 nitrogen and oxygen atoms in total. The first-order valence-corrected chi connectivity index (χ1v) is 9.58. The van der Waals surface area contributed by atoms with Gasteiger partial charge in [-0.2, -0.15) is 5.26 Å². The minimum Gasteiger partial charge on any atom is -0.197 e. The molecule has 0 N–H and O–H groups in total. The molecule has 0 heterocycles. The van der Waals surface area contributed by atoms with Crippen LogP contribution in [0.15, 0.2) is 54.6 Å². The van der Waals surface area contributed by atoms with Gasteiger partial charge in [0.2, 0.25) is 0 Å². The zero-order valence-electron chi connectivity index (χ0n) is 15.3. The third kappa shape index (κ3) is 4.38. The van der Waals surface area contributed by atoms with E-state index in [1.54, 1.807) is 0 Å². The Morgan fingerprint density at radius 2 is 1.46 bits per heavy atom. The molecule has 128 valence electrons. The Balaban J connectivity index is 2.19. The van der Waals surface area contributed by atoms with Crippen molar-refractivity contribution in [3.63, 3.8) is 0 Å². The second-order valence-corrected chi connectivity index (χ2v) is 7.14. The first-order chi connectivity index (χ1) is 11.7. The Morgan fingerprint density at radius 1 is 0.792 bits per heavy atom. The highest BCUT2D eigenvalue weighted by molar-refractivity contribution is 5.43. The zero-order chi connectivity index (χ0) is 17.3. The molecule has 0 saturated carbocycles. The van der Waals surface area contributed by atoms with Crippen molar-refractivity contribution < 1.29 is 0 Å². The van der Waals surface area contributed by atoms with Crippen LogP contribution in [-0.2, 0) is 5.41 Å². The van der Waals surface area contributed by atoms with Gasteiger partial charge in [-0.25, -0.2) is 0 Å². The largest absolute Gasteiger partial charge is 0.197 e. The fraction of sp³-hybridized carbons (Fsp3) is 0.522. The van der Waals surface area contributed by atoms with Gasteiger partial charge in [0, 0.05) is 5.41 Å². The fourth-order valence-electron chi connectivity index (χ4n) is 3.57. The maximum absolute atomic E-state index is 9.76. The highest BCUT2D eigenvalue weighted by atomic mass is 14.4. The maximum Gasteiger partial charge on any atom is 0.0934 e. The summed E-state index contributed by atoms with van der Waals surface area (Å²) in [6, 6.07) is 13.3. The Morgan fingerprint density at radius 3 is 2.04 bits per heavy atom. The third-order valence-corrected chi connectivity index (χ3v) is 5.26. The zero-order valence-corrected chi connectivity index (χ0v) is 15.3. The highest BCUT2D eigenvalue weighted by Gasteiger charge is 2.34. The van der Waals surface area contributed by atoms with Crippen LogP contribution in [-0.4, -0.2) is 0 Å². The molecule has 0 amide bonds. The summed E-state index contributed by atoms with van der Waals surface area (Å²) in [6.07, 6.45) is 18.3. The van der Waals surface area contributed by atoms with Gasteiger partial charge in [-0.3, -0.25) is 0 Å². The fourth-order valence-corrected chi connectivity index (χ4v) is 3.57. The number of rotatable bonds is 9. The van der Waals surface area contributed by atoms with Gasteiger partial charge < -0.3 is 0 Å². The van der Waals surface area contributed by atoms with Crippen molar-refractivity contribution in [2.75, 3.05) is 0 Å². The number of hydrogen-bond donors (Lipinski definition) is 0. The van der Waals surface area contributed by atoms with Gasteiger partial charge in [-0.15, -0.1) is 0 Å². The average Bonchev–Trinajstić information content (AvgIpc) is 2.65. The number of nitrogens with zero attached hydrogens (tertiary/aromatic N) is 1. The van der Waals surface area contributed by atoms with Gasteiger partial charge in [-0.1, -0.05) is 107 Å². The molecule has 24 heavy (non-hydrogen) atoms. The summed E-state index contributed by atoms with van der Waals surface area (Å²) < 4.78 is 0. The number of nitriles is 1. The van der Waals surface area contributed by atoms with Crippen molar-refractivity contribution in [2.24, 2.45) is 5.41 Å². The standard InChI is InChI=1S/C23H31N/c1-3-5-7-11-14-22(20-24)16-18-23(19-17-22,15-6-4-2)21-12-9-8-10-13-21/h8-10,12-13,16-19H,3-7,11,14-15H2,1-2H3. The normalized spacial score (nSPS) is 25.5. The van der Waals surface area contributed by atoms with Gasteiger partial charge in [0.15, 0.2) is 0 Å². The summed E-state index contributed by atoms with van der Waals surface area (Å²) in [5.41, 5.74) is 0.891. The molecule has 1 aromatic rings. The lowest BCUT2D eigenvalue weighted by Crippen LogP contribution is -2.27. The van der Waals surface area contributed by atoms with Gasteiger partial charge in [0.25, 0.3) is 0 Å². The van der Waals surface area contributed by atoms with E-state index in [-0.39, 0.29) is 5.41 Å². The minimum atomic E-state index is -0.405. The molecule has 0 aromatic heterocycles. The van der Waals surface area contributed by atoms with E-state index in [0.29, 0.717) is 0 Å². The Bertz CT molecular complexity index is 574. The van der Waals surface area contributed by atoms with Crippen LogP contribution in [0.4, 0.5) is 0 Å². The monoisotopic (exact) mass is 321 g/mol. The second-order valence-electron chi connectivity index (χ2n) is 7.14. The van der Waals surface area contributed by atoms with E-state index in [1.807, 2.05) is 0 Å². The van der Waals surface area contributed by atoms with E-state index in [1.165, 1.54) is 37.7 Å². The number of benzene rings is 1. The molecule has 0 fully saturated rings. The Labute approximate surface area is 148 Å². The predicted molar refractivity (Wildman–Crippen MR) is 103 cm³/mol. The highest BCUT2D eigenvalue weighted by Crippen LogP contribution is 2.41. The molecule has 0 aliphatic heterocycles. The summed E-state index contributed by atoms with van der Waals surface area (Å²) >= 11 is 0. The number of hydrogen-bond acceptors (Lipinski definition) is 1. The second kappa shape index (κ2) is 8.88. The molecule has 0 spiro atoms. The van der Waals surface area contributed by atoms with Crippen molar-refractivity contribution in [2.45, 2.75) is 70.6 Å².